The number of rotatable bonds is 5. The molecule has 0 amide bonds. The second-order valence-corrected chi connectivity index (χ2v) is 6.70. The minimum absolute atomic E-state index is 0.0986. The molecule has 0 bridgehead atoms. The van der Waals surface area contributed by atoms with E-state index in [0.717, 1.165) is 24.1 Å². The highest BCUT2D eigenvalue weighted by Crippen LogP contribution is 2.22. The molecule has 0 aliphatic rings. The summed E-state index contributed by atoms with van der Waals surface area (Å²) in [5.74, 6) is -1.16. The molecule has 21 heavy (non-hydrogen) atoms. The second kappa shape index (κ2) is 6.20. The maximum absolute atomic E-state index is 12.1. The molecule has 0 radical (unpaired) electrons. The summed E-state index contributed by atoms with van der Waals surface area (Å²) in [7, 11) is -2.66. The number of methoxy groups -OCH3 is 1. The largest absolute Gasteiger partial charge is 0.507 e. The Bertz CT molecular complexity index is 741. The number of carbonyl (C=O) groups excluding carboxylic acids is 1. The first kappa shape index (κ1) is 15.4. The van der Waals surface area contributed by atoms with Crippen LogP contribution in [-0.4, -0.2) is 31.6 Å². The Labute approximate surface area is 125 Å². The quantitative estimate of drug-likeness (QED) is 0.797. The van der Waals surface area contributed by atoms with Crippen molar-refractivity contribution in [2.24, 2.45) is 0 Å². The fourth-order valence-electron chi connectivity index (χ4n) is 1.53. The van der Waals surface area contributed by atoms with Crippen molar-refractivity contribution in [1.29, 1.82) is 0 Å². The smallest absolute Gasteiger partial charge is 0.341 e. The van der Waals surface area contributed by atoms with Crippen LogP contribution in [0.25, 0.3) is 0 Å². The SMILES string of the molecule is COC(=O)c1cc(S(=O)(=O)NCc2cncs2)ccc1O. The molecule has 1 aromatic heterocycles. The fourth-order valence-corrected chi connectivity index (χ4v) is 3.19. The predicted molar refractivity (Wildman–Crippen MR) is 75.6 cm³/mol. The number of nitrogens with one attached hydrogen (secondary N) is 1. The van der Waals surface area contributed by atoms with Gasteiger partial charge in [0.1, 0.15) is 11.3 Å². The Morgan fingerprint density at radius 3 is 2.86 bits per heavy atom. The first-order chi connectivity index (χ1) is 9.94. The number of thiazole rings is 1. The third-order valence-corrected chi connectivity index (χ3v) is 4.78. The molecule has 112 valence electrons. The van der Waals surface area contributed by atoms with E-state index in [1.54, 1.807) is 11.7 Å². The van der Waals surface area contributed by atoms with Gasteiger partial charge in [-0.3, -0.25) is 4.98 Å². The molecule has 1 aromatic carbocycles. The zero-order valence-electron chi connectivity index (χ0n) is 10.9. The minimum atomic E-state index is -3.81. The van der Waals surface area contributed by atoms with Gasteiger partial charge in [0.25, 0.3) is 0 Å². The van der Waals surface area contributed by atoms with Crippen LogP contribution in [0, 0.1) is 0 Å². The van der Waals surface area contributed by atoms with Crippen LogP contribution in [0.4, 0.5) is 0 Å². The van der Waals surface area contributed by atoms with Gasteiger partial charge in [0.2, 0.25) is 10.0 Å². The van der Waals surface area contributed by atoms with Gasteiger partial charge in [0.15, 0.2) is 0 Å². The van der Waals surface area contributed by atoms with E-state index in [0.29, 0.717) is 0 Å². The zero-order valence-corrected chi connectivity index (χ0v) is 12.6. The summed E-state index contributed by atoms with van der Waals surface area (Å²) >= 11 is 1.32. The van der Waals surface area contributed by atoms with Gasteiger partial charge >= 0.3 is 5.97 Å². The summed E-state index contributed by atoms with van der Waals surface area (Å²) in [6.45, 7) is 0.0986. The number of hydrogen-bond donors (Lipinski definition) is 2. The van der Waals surface area contributed by atoms with Crippen molar-refractivity contribution in [2.45, 2.75) is 11.4 Å². The van der Waals surface area contributed by atoms with Crippen molar-refractivity contribution < 1.29 is 23.1 Å². The van der Waals surface area contributed by atoms with Crippen molar-refractivity contribution in [1.82, 2.24) is 9.71 Å². The minimum Gasteiger partial charge on any atom is -0.507 e. The van der Waals surface area contributed by atoms with Gasteiger partial charge < -0.3 is 9.84 Å². The van der Waals surface area contributed by atoms with Gasteiger partial charge in [0, 0.05) is 17.6 Å². The number of ether oxygens (including phenoxy) is 1. The third kappa shape index (κ3) is 3.57. The van der Waals surface area contributed by atoms with Crippen LogP contribution < -0.4 is 4.72 Å². The van der Waals surface area contributed by atoms with Gasteiger partial charge in [-0.2, -0.15) is 0 Å². The number of aromatic nitrogens is 1. The summed E-state index contributed by atoms with van der Waals surface area (Å²) in [5.41, 5.74) is 1.39. The van der Waals surface area contributed by atoms with Crippen LogP contribution >= 0.6 is 11.3 Å². The molecule has 0 aliphatic carbocycles. The van der Waals surface area contributed by atoms with E-state index in [-0.39, 0.29) is 22.8 Å². The number of hydrogen-bond acceptors (Lipinski definition) is 7. The molecule has 0 fully saturated rings. The molecular weight excluding hydrogens is 316 g/mol. The van der Waals surface area contributed by atoms with E-state index >= 15 is 0 Å². The number of carbonyl (C=O) groups is 1. The van der Waals surface area contributed by atoms with Crippen LogP contribution in [0.3, 0.4) is 0 Å². The highest BCUT2D eigenvalue weighted by Gasteiger charge is 2.19. The molecule has 2 N–H and O–H groups in total. The predicted octanol–water partition coefficient (Wildman–Crippen LogP) is 1.11. The standard InChI is InChI=1S/C12H12N2O5S2/c1-19-12(16)10-4-9(2-3-11(10)15)21(17,18)14-6-8-5-13-7-20-8/h2-5,7,14-15H,6H2,1H3. The number of nitrogens with zero attached hydrogens (tertiary/aromatic N) is 1. The summed E-state index contributed by atoms with van der Waals surface area (Å²) in [4.78, 5) is 15.9. The number of aromatic hydroxyl groups is 1. The molecule has 7 nitrogen and oxygen atoms in total. The van der Waals surface area contributed by atoms with Gasteiger partial charge in [-0.1, -0.05) is 0 Å². The van der Waals surface area contributed by atoms with E-state index in [2.05, 4.69) is 14.4 Å². The normalized spacial score (nSPS) is 11.3. The highest BCUT2D eigenvalue weighted by molar-refractivity contribution is 7.89. The lowest BCUT2D eigenvalue weighted by atomic mass is 10.2. The Kier molecular flexibility index (Phi) is 4.56. The Hall–Kier alpha value is -1.97. The number of benzene rings is 1. The van der Waals surface area contributed by atoms with Crippen LogP contribution in [0.5, 0.6) is 5.75 Å². The topological polar surface area (TPSA) is 106 Å². The molecule has 2 rings (SSSR count). The number of esters is 1. The summed E-state index contributed by atoms with van der Waals surface area (Å²) in [6.07, 6.45) is 1.56. The van der Waals surface area contributed by atoms with Gasteiger partial charge in [-0.15, -0.1) is 11.3 Å². The molecule has 0 atom stereocenters. The molecule has 0 saturated carbocycles. The van der Waals surface area contributed by atoms with E-state index in [9.17, 15) is 18.3 Å². The molecule has 0 saturated heterocycles. The van der Waals surface area contributed by atoms with Crippen LogP contribution in [0.1, 0.15) is 15.2 Å². The lowest BCUT2D eigenvalue weighted by molar-refractivity contribution is 0.0597. The second-order valence-electron chi connectivity index (χ2n) is 3.96. The molecule has 1 heterocycles. The van der Waals surface area contributed by atoms with Crippen molar-refractivity contribution >= 4 is 27.3 Å². The Morgan fingerprint density at radius 2 is 2.24 bits per heavy atom. The van der Waals surface area contributed by atoms with Gasteiger partial charge in [0.05, 0.1) is 17.5 Å². The molecule has 2 aromatic rings. The fraction of sp³-hybridized carbons (Fsp3) is 0.167. The average molecular weight is 328 g/mol. The van der Waals surface area contributed by atoms with Crippen molar-refractivity contribution in [3.63, 3.8) is 0 Å². The number of phenolic OH excluding ortho intramolecular Hbond substituents is 1. The maximum atomic E-state index is 12.1. The van der Waals surface area contributed by atoms with E-state index < -0.39 is 16.0 Å². The van der Waals surface area contributed by atoms with E-state index in [4.69, 9.17) is 0 Å². The van der Waals surface area contributed by atoms with E-state index in [1.165, 1.54) is 17.4 Å². The zero-order chi connectivity index (χ0) is 15.5. The van der Waals surface area contributed by atoms with Crippen molar-refractivity contribution in [2.75, 3.05) is 7.11 Å². The van der Waals surface area contributed by atoms with Crippen LogP contribution in [0.15, 0.2) is 34.8 Å². The molecule has 0 unspecified atom stereocenters. The van der Waals surface area contributed by atoms with Crippen molar-refractivity contribution in [3.8, 4) is 5.75 Å². The van der Waals surface area contributed by atoms with Gasteiger partial charge in [-0.05, 0) is 18.2 Å². The highest BCUT2D eigenvalue weighted by atomic mass is 32.2. The van der Waals surface area contributed by atoms with Crippen molar-refractivity contribution in [3.05, 3.63) is 40.3 Å². The Morgan fingerprint density at radius 1 is 1.48 bits per heavy atom. The molecular formula is C12H12N2O5S2. The molecule has 0 spiro atoms. The summed E-state index contributed by atoms with van der Waals surface area (Å²) < 4.78 is 31.2. The average Bonchev–Trinajstić information content (AvgIpc) is 2.98. The van der Waals surface area contributed by atoms with Crippen LogP contribution in [0.2, 0.25) is 0 Å². The van der Waals surface area contributed by atoms with Crippen LogP contribution in [-0.2, 0) is 21.3 Å². The third-order valence-electron chi connectivity index (χ3n) is 2.60. The first-order valence-electron chi connectivity index (χ1n) is 5.72. The van der Waals surface area contributed by atoms with E-state index in [1.807, 2.05) is 0 Å². The number of sulfonamides is 1. The number of phenols is 1. The monoisotopic (exact) mass is 328 g/mol. The lowest BCUT2D eigenvalue weighted by Crippen LogP contribution is -2.23. The maximum Gasteiger partial charge on any atom is 0.341 e. The van der Waals surface area contributed by atoms with Gasteiger partial charge in [-0.25, -0.2) is 17.9 Å². The Balaban J connectivity index is 2.25. The summed E-state index contributed by atoms with van der Waals surface area (Å²) in [5, 5.41) is 9.56. The molecule has 0 aliphatic heterocycles. The molecule has 9 heteroatoms. The first-order valence-corrected chi connectivity index (χ1v) is 8.08. The lowest BCUT2D eigenvalue weighted by Gasteiger charge is -2.08. The summed E-state index contributed by atoms with van der Waals surface area (Å²) in [6, 6.07) is 3.40.